The van der Waals surface area contributed by atoms with Crippen LogP contribution in [0.3, 0.4) is 0 Å². The third kappa shape index (κ3) is 3.16. The van der Waals surface area contributed by atoms with Crippen LogP contribution in [0.15, 0.2) is 42.6 Å². The number of morpholine rings is 1. The molecule has 0 spiro atoms. The molecule has 0 aliphatic carbocycles. The van der Waals surface area contributed by atoms with Crippen molar-refractivity contribution in [3.05, 3.63) is 48.2 Å². The molecule has 0 bridgehead atoms. The smallest absolute Gasteiger partial charge is 0.257 e. The molecule has 3 rings (SSSR count). The molecule has 0 radical (unpaired) electrons. The molecule has 24 heavy (non-hydrogen) atoms. The second kappa shape index (κ2) is 6.84. The first-order chi connectivity index (χ1) is 11.6. The molecule has 1 saturated heterocycles. The van der Waals surface area contributed by atoms with Crippen LogP contribution in [0.25, 0.3) is 0 Å². The Labute approximate surface area is 140 Å². The number of hydrogen-bond donors (Lipinski definition) is 1. The highest BCUT2D eigenvalue weighted by Gasteiger charge is 2.40. The molecule has 0 unspecified atom stereocenters. The van der Waals surface area contributed by atoms with Crippen molar-refractivity contribution in [1.82, 2.24) is 14.7 Å². The van der Waals surface area contributed by atoms with Crippen LogP contribution in [-0.2, 0) is 20.9 Å². The highest BCUT2D eigenvalue weighted by molar-refractivity contribution is 5.95. The van der Waals surface area contributed by atoms with Gasteiger partial charge in [-0.05, 0) is 12.5 Å². The van der Waals surface area contributed by atoms with Gasteiger partial charge < -0.3 is 15.0 Å². The Morgan fingerprint density at radius 2 is 2.08 bits per heavy atom. The summed E-state index contributed by atoms with van der Waals surface area (Å²) in [5, 5.41) is 7.01. The molecule has 1 aromatic heterocycles. The van der Waals surface area contributed by atoms with Crippen molar-refractivity contribution in [2.24, 2.45) is 0 Å². The predicted octanol–water partition coefficient (Wildman–Crippen LogP) is 1.44. The van der Waals surface area contributed by atoms with Crippen LogP contribution < -0.4 is 5.32 Å². The summed E-state index contributed by atoms with van der Waals surface area (Å²) in [6.07, 6.45) is 1.00. The monoisotopic (exact) mass is 328 g/mol. The standard InChI is InChI=1S/C17H20N4O3/c1-3-21-10-9-13(19-21)18-17(23)16-15(12-7-5-4-6-8-12)20(2)14(22)11-24-16/h4-10,15-16H,3,11H2,1-2H3,(H,18,19,23)/t15-,16-/m1/s1. The number of aryl methyl sites for hydroxylation is 1. The lowest BCUT2D eigenvalue weighted by molar-refractivity contribution is -0.160. The predicted molar refractivity (Wildman–Crippen MR) is 88.2 cm³/mol. The lowest BCUT2D eigenvalue weighted by Gasteiger charge is -2.38. The van der Waals surface area contributed by atoms with Gasteiger partial charge in [0.2, 0.25) is 5.91 Å². The summed E-state index contributed by atoms with van der Waals surface area (Å²) in [5.41, 5.74) is 0.854. The van der Waals surface area contributed by atoms with E-state index in [0.717, 1.165) is 12.1 Å². The van der Waals surface area contributed by atoms with E-state index >= 15 is 0 Å². The molecular formula is C17H20N4O3. The topological polar surface area (TPSA) is 76.5 Å². The van der Waals surface area contributed by atoms with E-state index in [4.69, 9.17) is 4.74 Å². The Kier molecular flexibility index (Phi) is 4.61. The molecule has 126 valence electrons. The molecule has 2 amide bonds. The lowest BCUT2D eigenvalue weighted by atomic mass is 9.97. The van der Waals surface area contributed by atoms with E-state index < -0.39 is 12.1 Å². The maximum atomic E-state index is 12.7. The van der Waals surface area contributed by atoms with Crippen molar-refractivity contribution >= 4 is 17.6 Å². The fourth-order valence-electron chi connectivity index (χ4n) is 2.78. The number of carbonyl (C=O) groups excluding carboxylic acids is 2. The van der Waals surface area contributed by atoms with Crippen molar-refractivity contribution in [1.29, 1.82) is 0 Å². The van der Waals surface area contributed by atoms with E-state index in [2.05, 4.69) is 10.4 Å². The van der Waals surface area contributed by atoms with Gasteiger partial charge in [-0.2, -0.15) is 5.10 Å². The molecule has 0 saturated carbocycles. The van der Waals surface area contributed by atoms with Crippen LogP contribution >= 0.6 is 0 Å². The first kappa shape index (κ1) is 16.2. The number of rotatable bonds is 4. The maximum Gasteiger partial charge on any atom is 0.257 e. The van der Waals surface area contributed by atoms with E-state index in [1.807, 2.05) is 37.3 Å². The number of aromatic nitrogens is 2. The van der Waals surface area contributed by atoms with Crippen molar-refractivity contribution in [2.45, 2.75) is 25.6 Å². The highest BCUT2D eigenvalue weighted by Crippen LogP contribution is 2.29. The zero-order chi connectivity index (χ0) is 17.1. The number of nitrogens with one attached hydrogen (secondary N) is 1. The molecule has 1 fully saturated rings. The summed E-state index contributed by atoms with van der Waals surface area (Å²) in [5.74, 6) is 0.00420. The minimum Gasteiger partial charge on any atom is -0.356 e. The molecule has 2 aromatic rings. The second-order valence-corrected chi connectivity index (χ2v) is 5.64. The third-order valence-electron chi connectivity index (χ3n) is 4.10. The Bertz CT molecular complexity index is 728. The minimum absolute atomic E-state index is 0.110. The van der Waals surface area contributed by atoms with E-state index in [0.29, 0.717) is 5.82 Å². The van der Waals surface area contributed by atoms with Gasteiger partial charge >= 0.3 is 0 Å². The minimum atomic E-state index is -0.790. The van der Waals surface area contributed by atoms with Crippen LogP contribution in [0.2, 0.25) is 0 Å². The largest absolute Gasteiger partial charge is 0.356 e. The highest BCUT2D eigenvalue weighted by atomic mass is 16.5. The van der Waals surface area contributed by atoms with Crippen molar-refractivity contribution in [3.63, 3.8) is 0 Å². The Morgan fingerprint density at radius 1 is 1.33 bits per heavy atom. The van der Waals surface area contributed by atoms with Crippen molar-refractivity contribution in [3.8, 4) is 0 Å². The summed E-state index contributed by atoms with van der Waals surface area (Å²) in [7, 11) is 1.69. The first-order valence-electron chi connectivity index (χ1n) is 7.86. The van der Waals surface area contributed by atoms with Gasteiger partial charge in [0.1, 0.15) is 6.61 Å². The number of nitrogens with zero attached hydrogens (tertiary/aromatic N) is 3. The van der Waals surface area contributed by atoms with Gasteiger partial charge in [-0.1, -0.05) is 30.3 Å². The van der Waals surface area contributed by atoms with Crippen LogP contribution in [0.4, 0.5) is 5.82 Å². The first-order valence-corrected chi connectivity index (χ1v) is 7.86. The Hall–Kier alpha value is -2.67. The van der Waals surface area contributed by atoms with E-state index in [1.165, 1.54) is 0 Å². The van der Waals surface area contributed by atoms with Gasteiger partial charge in [0.25, 0.3) is 5.91 Å². The van der Waals surface area contributed by atoms with Crippen LogP contribution in [0.1, 0.15) is 18.5 Å². The molecule has 2 atom stereocenters. The second-order valence-electron chi connectivity index (χ2n) is 5.64. The normalized spacial score (nSPS) is 20.9. The summed E-state index contributed by atoms with van der Waals surface area (Å²) in [6.45, 7) is 2.58. The summed E-state index contributed by atoms with van der Waals surface area (Å²) in [4.78, 5) is 26.2. The SMILES string of the molecule is CCn1ccc(NC(=O)[C@@H]2OCC(=O)N(C)[C@@H]2c2ccccc2)n1. The van der Waals surface area contributed by atoms with Gasteiger partial charge in [0.05, 0.1) is 6.04 Å². The molecule has 7 nitrogen and oxygen atoms in total. The zero-order valence-electron chi connectivity index (χ0n) is 13.7. The summed E-state index contributed by atoms with van der Waals surface area (Å²) >= 11 is 0. The molecule has 1 aliphatic rings. The summed E-state index contributed by atoms with van der Waals surface area (Å²) in [6, 6.07) is 10.7. The van der Waals surface area contributed by atoms with Crippen LogP contribution in [-0.4, -0.2) is 46.3 Å². The van der Waals surface area contributed by atoms with Gasteiger partial charge in [-0.15, -0.1) is 0 Å². The fraction of sp³-hybridized carbons (Fsp3) is 0.353. The molecule has 1 aromatic carbocycles. The van der Waals surface area contributed by atoms with Crippen LogP contribution in [0.5, 0.6) is 0 Å². The number of likely N-dealkylation sites (N-methyl/N-ethyl adjacent to an activating group) is 1. The van der Waals surface area contributed by atoms with Gasteiger partial charge in [0, 0.05) is 25.9 Å². The number of hydrogen-bond acceptors (Lipinski definition) is 4. The fourth-order valence-corrected chi connectivity index (χ4v) is 2.78. The maximum absolute atomic E-state index is 12.7. The number of carbonyl (C=O) groups is 2. The average Bonchev–Trinajstić information content (AvgIpc) is 3.05. The quantitative estimate of drug-likeness (QED) is 0.921. The van der Waals surface area contributed by atoms with E-state index in [-0.39, 0.29) is 18.4 Å². The van der Waals surface area contributed by atoms with Crippen molar-refractivity contribution < 1.29 is 14.3 Å². The Balaban J connectivity index is 1.83. The lowest BCUT2D eigenvalue weighted by Crippen LogP contribution is -2.51. The third-order valence-corrected chi connectivity index (χ3v) is 4.10. The zero-order valence-corrected chi connectivity index (χ0v) is 13.7. The van der Waals surface area contributed by atoms with E-state index in [1.54, 1.807) is 28.9 Å². The van der Waals surface area contributed by atoms with Crippen LogP contribution in [0, 0.1) is 0 Å². The van der Waals surface area contributed by atoms with E-state index in [9.17, 15) is 9.59 Å². The van der Waals surface area contributed by atoms with Gasteiger partial charge in [-0.3, -0.25) is 14.3 Å². The molecule has 2 heterocycles. The molecule has 1 aliphatic heterocycles. The molecule has 1 N–H and O–H groups in total. The van der Waals surface area contributed by atoms with Gasteiger partial charge in [-0.25, -0.2) is 0 Å². The number of ether oxygens (including phenoxy) is 1. The molecular weight excluding hydrogens is 308 g/mol. The Morgan fingerprint density at radius 3 is 2.75 bits per heavy atom. The number of amides is 2. The summed E-state index contributed by atoms with van der Waals surface area (Å²) < 4.78 is 7.28. The van der Waals surface area contributed by atoms with Gasteiger partial charge in [0.15, 0.2) is 11.9 Å². The number of anilines is 1. The number of benzene rings is 1. The molecule has 7 heteroatoms. The van der Waals surface area contributed by atoms with Crippen molar-refractivity contribution in [2.75, 3.05) is 19.0 Å². The average molecular weight is 328 g/mol.